The van der Waals surface area contributed by atoms with Crippen LogP contribution in [0.25, 0.3) is 0 Å². The fourth-order valence-electron chi connectivity index (χ4n) is 1.46. The van der Waals surface area contributed by atoms with Gasteiger partial charge in [0.1, 0.15) is 11.9 Å². The summed E-state index contributed by atoms with van der Waals surface area (Å²) >= 11 is 5.42. The average Bonchev–Trinajstić information content (AvgIpc) is 2.23. The van der Waals surface area contributed by atoms with E-state index in [2.05, 4.69) is 0 Å². The molecule has 0 saturated heterocycles. The summed E-state index contributed by atoms with van der Waals surface area (Å²) in [5.74, 6) is -0.345. The van der Waals surface area contributed by atoms with Crippen molar-refractivity contribution in [3.05, 3.63) is 34.6 Å². The molecule has 0 aromatic heterocycles. The molecule has 4 heteroatoms. The van der Waals surface area contributed by atoms with Crippen molar-refractivity contribution >= 4 is 11.6 Å². The zero-order valence-electron chi connectivity index (χ0n) is 8.67. The Kier molecular flexibility index (Phi) is 4.08. The minimum absolute atomic E-state index is 0.0589. The number of alkyl halides is 1. The predicted molar refractivity (Wildman–Crippen MR) is 57.6 cm³/mol. The Morgan fingerprint density at radius 1 is 1.27 bits per heavy atom. The molecule has 0 spiro atoms. The largest absolute Gasteiger partial charge is 0.389 e. The van der Waals surface area contributed by atoms with Gasteiger partial charge < -0.3 is 10.2 Å². The molecule has 15 heavy (non-hydrogen) atoms. The summed E-state index contributed by atoms with van der Waals surface area (Å²) < 4.78 is 13.3. The van der Waals surface area contributed by atoms with Crippen molar-refractivity contribution in [1.82, 2.24) is 0 Å². The van der Waals surface area contributed by atoms with Gasteiger partial charge in [-0.1, -0.05) is 12.1 Å². The van der Waals surface area contributed by atoms with Crippen LogP contribution in [0.15, 0.2) is 12.1 Å². The van der Waals surface area contributed by atoms with E-state index in [0.717, 1.165) is 0 Å². The number of aryl methyl sites for hydroxylation is 2. The Morgan fingerprint density at radius 3 is 2.13 bits per heavy atom. The van der Waals surface area contributed by atoms with Gasteiger partial charge in [0.05, 0.1) is 12.0 Å². The summed E-state index contributed by atoms with van der Waals surface area (Å²) in [5, 5.41) is 19.0. The van der Waals surface area contributed by atoms with E-state index in [0.29, 0.717) is 16.7 Å². The zero-order chi connectivity index (χ0) is 11.6. The van der Waals surface area contributed by atoms with E-state index >= 15 is 0 Å². The minimum atomic E-state index is -1.07. The van der Waals surface area contributed by atoms with E-state index in [9.17, 15) is 14.6 Å². The number of benzene rings is 1. The number of aliphatic hydroxyl groups is 2. The normalized spacial score (nSPS) is 15.1. The molecule has 1 aromatic rings. The van der Waals surface area contributed by atoms with Gasteiger partial charge in [-0.25, -0.2) is 4.39 Å². The molecule has 2 N–H and O–H groups in total. The molecule has 0 heterocycles. The van der Waals surface area contributed by atoms with Gasteiger partial charge in [-0.3, -0.25) is 0 Å². The SMILES string of the molecule is Cc1cc(C(O)C(O)CCl)cc(C)c1F. The highest BCUT2D eigenvalue weighted by Crippen LogP contribution is 2.22. The Balaban J connectivity index is 3.06. The Labute approximate surface area is 93.3 Å². The monoisotopic (exact) mass is 232 g/mol. The molecule has 0 amide bonds. The molecule has 0 aliphatic rings. The number of hydrogen-bond acceptors (Lipinski definition) is 2. The summed E-state index contributed by atoms with van der Waals surface area (Å²) in [7, 11) is 0. The standard InChI is InChI=1S/C11H14ClFO2/c1-6-3-8(4-7(2)10(6)13)11(15)9(14)5-12/h3-4,9,11,14-15H,5H2,1-2H3. The van der Waals surface area contributed by atoms with E-state index in [1.807, 2.05) is 0 Å². The van der Waals surface area contributed by atoms with E-state index in [-0.39, 0.29) is 11.7 Å². The van der Waals surface area contributed by atoms with Crippen LogP contribution in [0.4, 0.5) is 4.39 Å². The van der Waals surface area contributed by atoms with Gasteiger partial charge in [-0.2, -0.15) is 0 Å². The summed E-state index contributed by atoms with van der Waals surface area (Å²) in [4.78, 5) is 0. The Hall–Kier alpha value is -0.640. The second kappa shape index (κ2) is 4.92. The first kappa shape index (κ1) is 12.4. The Bertz CT molecular complexity index is 331. The van der Waals surface area contributed by atoms with Gasteiger partial charge in [0.25, 0.3) is 0 Å². The first-order chi connectivity index (χ1) is 6.97. The highest BCUT2D eigenvalue weighted by Gasteiger charge is 2.18. The fraction of sp³-hybridized carbons (Fsp3) is 0.455. The van der Waals surface area contributed by atoms with Crippen molar-refractivity contribution in [3.8, 4) is 0 Å². The molecule has 2 unspecified atom stereocenters. The van der Waals surface area contributed by atoms with Crippen LogP contribution in [-0.2, 0) is 0 Å². The van der Waals surface area contributed by atoms with Gasteiger partial charge in [0.2, 0.25) is 0 Å². The highest BCUT2D eigenvalue weighted by molar-refractivity contribution is 6.18. The summed E-state index contributed by atoms with van der Waals surface area (Å²) in [6.07, 6.45) is -2.10. The minimum Gasteiger partial charge on any atom is -0.389 e. The third kappa shape index (κ3) is 2.68. The van der Waals surface area contributed by atoms with Crippen LogP contribution in [0.5, 0.6) is 0 Å². The van der Waals surface area contributed by atoms with E-state index < -0.39 is 12.2 Å². The van der Waals surface area contributed by atoms with Crippen molar-refractivity contribution < 1.29 is 14.6 Å². The molecular formula is C11H14ClFO2. The molecule has 0 bridgehead atoms. The third-order valence-electron chi connectivity index (χ3n) is 2.32. The smallest absolute Gasteiger partial charge is 0.129 e. The third-order valence-corrected chi connectivity index (χ3v) is 2.64. The second-order valence-electron chi connectivity index (χ2n) is 3.64. The van der Waals surface area contributed by atoms with Gasteiger partial charge in [-0.15, -0.1) is 11.6 Å². The van der Waals surface area contributed by atoms with Crippen LogP contribution in [0.3, 0.4) is 0 Å². The first-order valence-electron chi connectivity index (χ1n) is 4.66. The lowest BCUT2D eigenvalue weighted by atomic mass is 10.00. The zero-order valence-corrected chi connectivity index (χ0v) is 9.42. The van der Waals surface area contributed by atoms with Crippen molar-refractivity contribution in [3.63, 3.8) is 0 Å². The highest BCUT2D eigenvalue weighted by atomic mass is 35.5. The number of halogens is 2. The van der Waals surface area contributed by atoms with Crippen LogP contribution in [-0.4, -0.2) is 22.2 Å². The lowest BCUT2D eigenvalue weighted by Gasteiger charge is -2.17. The van der Waals surface area contributed by atoms with Crippen LogP contribution in [0.2, 0.25) is 0 Å². The van der Waals surface area contributed by atoms with Crippen molar-refractivity contribution in [2.24, 2.45) is 0 Å². The van der Waals surface area contributed by atoms with E-state index in [1.165, 1.54) is 12.1 Å². The van der Waals surface area contributed by atoms with Crippen LogP contribution in [0, 0.1) is 19.7 Å². The molecule has 84 valence electrons. The number of hydrogen-bond donors (Lipinski definition) is 2. The molecule has 1 rings (SSSR count). The molecular weight excluding hydrogens is 219 g/mol. The average molecular weight is 233 g/mol. The molecule has 1 aromatic carbocycles. The lowest BCUT2D eigenvalue weighted by Crippen LogP contribution is -2.20. The summed E-state index contributed by atoms with van der Waals surface area (Å²) in [5.41, 5.74) is 1.39. The van der Waals surface area contributed by atoms with Crippen LogP contribution < -0.4 is 0 Å². The maximum Gasteiger partial charge on any atom is 0.129 e. The maximum atomic E-state index is 13.3. The fourth-order valence-corrected chi connectivity index (χ4v) is 1.63. The molecule has 0 fully saturated rings. The van der Waals surface area contributed by atoms with Gasteiger partial charge in [-0.05, 0) is 30.5 Å². The van der Waals surface area contributed by atoms with Crippen molar-refractivity contribution in [1.29, 1.82) is 0 Å². The lowest BCUT2D eigenvalue weighted by molar-refractivity contribution is 0.0326. The molecule has 2 nitrogen and oxygen atoms in total. The summed E-state index contributed by atoms with van der Waals surface area (Å²) in [6, 6.07) is 3.03. The van der Waals surface area contributed by atoms with Gasteiger partial charge in [0.15, 0.2) is 0 Å². The molecule has 0 aliphatic heterocycles. The molecule has 0 aliphatic carbocycles. The predicted octanol–water partition coefficient (Wildman–Crippen LogP) is 2.08. The topological polar surface area (TPSA) is 40.5 Å². The van der Waals surface area contributed by atoms with Gasteiger partial charge >= 0.3 is 0 Å². The van der Waals surface area contributed by atoms with E-state index in [4.69, 9.17) is 11.6 Å². The first-order valence-corrected chi connectivity index (χ1v) is 5.19. The van der Waals surface area contributed by atoms with Crippen molar-refractivity contribution in [2.75, 3.05) is 5.88 Å². The number of aliphatic hydroxyl groups excluding tert-OH is 2. The van der Waals surface area contributed by atoms with Crippen LogP contribution in [0.1, 0.15) is 22.8 Å². The number of rotatable bonds is 3. The summed E-state index contributed by atoms with van der Waals surface area (Å²) in [6.45, 7) is 3.23. The van der Waals surface area contributed by atoms with Gasteiger partial charge in [0, 0.05) is 0 Å². The quantitative estimate of drug-likeness (QED) is 0.784. The molecule has 0 saturated carbocycles. The van der Waals surface area contributed by atoms with Crippen LogP contribution >= 0.6 is 11.6 Å². The van der Waals surface area contributed by atoms with Crippen molar-refractivity contribution in [2.45, 2.75) is 26.1 Å². The maximum absolute atomic E-state index is 13.3. The molecule has 0 radical (unpaired) electrons. The van der Waals surface area contributed by atoms with E-state index in [1.54, 1.807) is 13.8 Å². The second-order valence-corrected chi connectivity index (χ2v) is 3.94. The molecule has 2 atom stereocenters. The Morgan fingerprint density at radius 2 is 1.73 bits per heavy atom.